The highest BCUT2D eigenvalue weighted by molar-refractivity contribution is 6.18. The molecular formula is C5H7Cl3N2. The molecule has 0 aromatic carbocycles. The first-order valence-corrected chi connectivity index (χ1v) is 3.58. The summed E-state index contributed by atoms with van der Waals surface area (Å²) >= 11 is 11.0. The summed E-state index contributed by atoms with van der Waals surface area (Å²) in [6.07, 6.45) is 1.59. The summed E-state index contributed by atoms with van der Waals surface area (Å²) in [5.41, 5.74) is 1.75. The minimum Gasteiger partial charge on any atom is -0.347 e. The second-order valence-electron chi connectivity index (χ2n) is 1.60. The summed E-state index contributed by atoms with van der Waals surface area (Å²) in [6.45, 7) is 0. The highest BCUT2D eigenvalue weighted by atomic mass is 35.5. The molecule has 1 rings (SSSR count). The third-order valence-electron chi connectivity index (χ3n) is 1.07. The topological polar surface area (TPSA) is 28.7 Å². The number of alkyl halides is 2. The highest BCUT2D eigenvalue weighted by Crippen LogP contribution is 2.07. The van der Waals surface area contributed by atoms with E-state index in [0.29, 0.717) is 11.8 Å². The first kappa shape index (κ1) is 10.1. The van der Waals surface area contributed by atoms with Crippen molar-refractivity contribution < 1.29 is 0 Å². The highest BCUT2D eigenvalue weighted by Gasteiger charge is 2.00. The zero-order chi connectivity index (χ0) is 6.69. The van der Waals surface area contributed by atoms with Crippen LogP contribution < -0.4 is 0 Å². The maximum atomic E-state index is 5.52. The third kappa shape index (κ3) is 2.04. The van der Waals surface area contributed by atoms with E-state index < -0.39 is 0 Å². The van der Waals surface area contributed by atoms with Crippen molar-refractivity contribution in [3.63, 3.8) is 0 Å². The molecule has 0 spiro atoms. The van der Waals surface area contributed by atoms with Crippen LogP contribution in [0.3, 0.4) is 0 Å². The number of nitrogens with zero attached hydrogens (tertiary/aromatic N) is 1. The molecule has 0 aliphatic heterocycles. The van der Waals surface area contributed by atoms with Crippen LogP contribution in [0, 0.1) is 0 Å². The zero-order valence-corrected chi connectivity index (χ0v) is 7.43. The Balaban J connectivity index is 0.000000810. The van der Waals surface area contributed by atoms with Gasteiger partial charge in [-0.25, -0.2) is 4.98 Å². The van der Waals surface area contributed by atoms with Crippen molar-refractivity contribution in [3.05, 3.63) is 17.7 Å². The Morgan fingerprint density at radius 2 is 2.10 bits per heavy atom. The number of H-pyrrole nitrogens is 1. The third-order valence-corrected chi connectivity index (χ3v) is 1.59. The van der Waals surface area contributed by atoms with Gasteiger partial charge in [0.25, 0.3) is 0 Å². The van der Waals surface area contributed by atoms with E-state index in [0.717, 1.165) is 11.4 Å². The molecule has 0 atom stereocenters. The Bertz CT molecular complexity index is 168. The van der Waals surface area contributed by atoms with E-state index >= 15 is 0 Å². The van der Waals surface area contributed by atoms with E-state index in [2.05, 4.69) is 9.97 Å². The van der Waals surface area contributed by atoms with Crippen LogP contribution in [0.1, 0.15) is 11.4 Å². The van der Waals surface area contributed by atoms with Crippen molar-refractivity contribution in [3.8, 4) is 0 Å². The minimum atomic E-state index is 0. The molecule has 2 nitrogen and oxygen atoms in total. The quantitative estimate of drug-likeness (QED) is 0.731. The van der Waals surface area contributed by atoms with Crippen molar-refractivity contribution >= 4 is 35.6 Å². The molecule has 1 aromatic heterocycles. The van der Waals surface area contributed by atoms with Gasteiger partial charge in [-0.15, -0.1) is 35.6 Å². The van der Waals surface area contributed by atoms with Gasteiger partial charge in [-0.3, -0.25) is 0 Å². The molecule has 0 radical (unpaired) electrons. The van der Waals surface area contributed by atoms with E-state index in [1.807, 2.05) is 0 Å². The molecule has 1 N–H and O–H groups in total. The van der Waals surface area contributed by atoms with Gasteiger partial charge in [0.1, 0.15) is 0 Å². The molecule has 0 bridgehead atoms. The maximum Gasteiger partial charge on any atom is 0.0926 e. The van der Waals surface area contributed by atoms with E-state index in [-0.39, 0.29) is 12.4 Å². The van der Waals surface area contributed by atoms with Gasteiger partial charge in [-0.05, 0) is 0 Å². The standard InChI is InChI=1S/C5H6Cl2N2.ClH/c6-1-4-5(2-7)9-3-8-4;/h3H,1-2H2,(H,8,9);1H. The average molecular weight is 201 g/mol. The molecule has 0 saturated carbocycles. The fourth-order valence-corrected chi connectivity index (χ4v) is 1.04. The predicted molar refractivity (Wildman–Crippen MR) is 44.9 cm³/mol. The number of nitrogens with one attached hydrogen (secondary N) is 1. The lowest BCUT2D eigenvalue weighted by atomic mass is 10.4. The summed E-state index contributed by atoms with van der Waals surface area (Å²) in [6, 6.07) is 0. The summed E-state index contributed by atoms with van der Waals surface area (Å²) in [5, 5.41) is 0. The Hall–Kier alpha value is 0.0800. The van der Waals surface area contributed by atoms with E-state index in [1.165, 1.54) is 0 Å². The van der Waals surface area contributed by atoms with E-state index in [1.54, 1.807) is 6.33 Å². The average Bonchev–Trinajstić information content (AvgIpc) is 2.33. The van der Waals surface area contributed by atoms with Crippen LogP contribution in [0.4, 0.5) is 0 Å². The number of aromatic nitrogens is 2. The Kier molecular flexibility index (Phi) is 4.87. The van der Waals surface area contributed by atoms with Gasteiger partial charge >= 0.3 is 0 Å². The molecule has 0 amide bonds. The minimum absolute atomic E-state index is 0. The van der Waals surface area contributed by atoms with Crippen molar-refractivity contribution in [2.75, 3.05) is 0 Å². The summed E-state index contributed by atoms with van der Waals surface area (Å²) in [5.74, 6) is 0.869. The monoisotopic (exact) mass is 200 g/mol. The van der Waals surface area contributed by atoms with Gasteiger partial charge in [0.15, 0.2) is 0 Å². The second-order valence-corrected chi connectivity index (χ2v) is 2.13. The molecule has 0 saturated heterocycles. The van der Waals surface area contributed by atoms with Crippen LogP contribution >= 0.6 is 35.6 Å². The Morgan fingerprint density at radius 3 is 2.50 bits per heavy atom. The molecule has 0 aliphatic rings. The number of hydrogen-bond acceptors (Lipinski definition) is 1. The molecule has 10 heavy (non-hydrogen) atoms. The van der Waals surface area contributed by atoms with Crippen LogP contribution in [0.25, 0.3) is 0 Å². The molecule has 0 unspecified atom stereocenters. The second kappa shape index (κ2) is 4.83. The largest absolute Gasteiger partial charge is 0.347 e. The lowest BCUT2D eigenvalue weighted by Crippen LogP contribution is -1.84. The number of hydrogen-bond donors (Lipinski definition) is 1. The Labute approximate surface area is 75.3 Å². The first-order chi connectivity index (χ1) is 4.38. The molecule has 58 valence electrons. The number of imidazole rings is 1. The van der Waals surface area contributed by atoms with Gasteiger partial charge in [-0.1, -0.05) is 0 Å². The molecule has 0 aliphatic carbocycles. The predicted octanol–water partition coefficient (Wildman–Crippen LogP) is 2.31. The molecule has 1 heterocycles. The lowest BCUT2D eigenvalue weighted by Gasteiger charge is -1.89. The van der Waals surface area contributed by atoms with Gasteiger partial charge in [0, 0.05) is 0 Å². The molecule has 0 fully saturated rings. The summed E-state index contributed by atoms with van der Waals surface area (Å²) in [4.78, 5) is 6.81. The Morgan fingerprint density at radius 1 is 1.40 bits per heavy atom. The van der Waals surface area contributed by atoms with Crippen molar-refractivity contribution in [1.29, 1.82) is 0 Å². The number of halogens is 3. The van der Waals surface area contributed by atoms with E-state index in [9.17, 15) is 0 Å². The van der Waals surface area contributed by atoms with Gasteiger partial charge < -0.3 is 4.98 Å². The number of aromatic amines is 1. The normalized spacial score (nSPS) is 9.00. The fourth-order valence-electron chi connectivity index (χ4n) is 0.580. The molecule has 1 aromatic rings. The first-order valence-electron chi connectivity index (χ1n) is 2.51. The SMILES string of the molecule is Cl.ClCc1nc[nH]c1CCl. The van der Waals surface area contributed by atoms with Crippen molar-refractivity contribution in [1.82, 2.24) is 9.97 Å². The lowest BCUT2D eigenvalue weighted by molar-refractivity contribution is 1.16. The van der Waals surface area contributed by atoms with Crippen LogP contribution in [-0.2, 0) is 11.8 Å². The van der Waals surface area contributed by atoms with Gasteiger partial charge in [0.05, 0.1) is 29.5 Å². The van der Waals surface area contributed by atoms with Crippen LogP contribution in [-0.4, -0.2) is 9.97 Å². The molecule has 5 heteroatoms. The number of rotatable bonds is 2. The van der Waals surface area contributed by atoms with Gasteiger partial charge in [0.2, 0.25) is 0 Å². The van der Waals surface area contributed by atoms with Crippen LogP contribution in [0.5, 0.6) is 0 Å². The zero-order valence-electron chi connectivity index (χ0n) is 5.10. The van der Waals surface area contributed by atoms with Gasteiger partial charge in [-0.2, -0.15) is 0 Å². The maximum absolute atomic E-state index is 5.52. The summed E-state index contributed by atoms with van der Waals surface area (Å²) < 4.78 is 0. The van der Waals surface area contributed by atoms with Crippen LogP contribution in [0.15, 0.2) is 6.33 Å². The van der Waals surface area contributed by atoms with Crippen LogP contribution in [0.2, 0.25) is 0 Å². The van der Waals surface area contributed by atoms with E-state index in [4.69, 9.17) is 23.2 Å². The van der Waals surface area contributed by atoms with Crippen molar-refractivity contribution in [2.45, 2.75) is 11.8 Å². The smallest absolute Gasteiger partial charge is 0.0926 e. The fraction of sp³-hybridized carbons (Fsp3) is 0.400. The van der Waals surface area contributed by atoms with Crippen molar-refractivity contribution in [2.24, 2.45) is 0 Å². The summed E-state index contributed by atoms with van der Waals surface area (Å²) in [7, 11) is 0. The molecular weight excluding hydrogens is 194 g/mol.